The SMILES string of the molecule is COc1cc(C(C)[C@@H]2CC=CC(=O)O2)ccc1C. The van der Waals surface area contributed by atoms with Crippen LogP contribution in [0, 0.1) is 6.92 Å². The van der Waals surface area contributed by atoms with Gasteiger partial charge in [-0.3, -0.25) is 0 Å². The Morgan fingerprint density at radius 2 is 2.22 bits per heavy atom. The lowest BCUT2D eigenvalue weighted by molar-refractivity contribution is -0.145. The number of hydrogen-bond donors (Lipinski definition) is 0. The number of carbonyl (C=O) groups excluding carboxylic acids is 1. The monoisotopic (exact) mass is 246 g/mol. The lowest BCUT2D eigenvalue weighted by Gasteiger charge is -2.25. The Morgan fingerprint density at radius 1 is 1.44 bits per heavy atom. The van der Waals surface area contributed by atoms with Crippen molar-refractivity contribution in [2.75, 3.05) is 7.11 Å². The van der Waals surface area contributed by atoms with E-state index in [1.807, 2.05) is 25.1 Å². The van der Waals surface area contributed by atoms with Gasteiger partial charge in [-0.25, -0.2) is 4.79 Å². The van der Waals surface area contributed by atoms with Gasteiger partial charge in [-0.2, -0.15) is 0 Å². The molecule has 0 aromatic heterocycles. The lowest BCUT2D eigenvalue weighted by atomic mass is 9.91. The molecule has 2 atom stereocenters. The van der Waals surface area contributed by atoms with Gasteiger partial charge in [-0.05, 0) is 24.1 Å². The van der Waals surface area contributed by atoms with Gasteiger partial charge in [-0.1, -0.05) is 25.1 Å². The van der Waals surface area contributed by atoms with Crippen LogP contribution in [0.15, 0.2) is 30.4 Å². The van der Waals surface area contributed by atoms with Crippen LogP contribution in [0.25, 0.3) is 0 Å². The van der Waals surface area contributed by atoms with Gasteiger partial charge in [0.2, 0.25) is 0 Å². The molecule has 1 unspecified atom stereocenters. The predicted molar refractivity (Wildman–Crippen MR) is 69.8 cm³/mol. The summed E-state index contributed by atoms with van der Waals surface area (Å²) in [5.41, 5.74) is 2.24. The maximum Gasteiger partial charge on any atom is 0.330 e. The van der Waals surface area contributed by atoms with Crippen LogP contribution in [-0.4, -0.2) is 19.2 Å². The minimum atomic E-state index is -0.253. The normalized spacial score (nSPS) is 20.4. The van der Waals surface area contributed by atoms with Crippen molar-refractivity contribution >= 4 is 5.97 Å². The van der Waals surface area contributed by atoms with E-state index in [4.69, 9.17) is 9.47 Å². The fourth-order valence-corrected chi connectivity index (χ4v) is 2.18. The number of carbonyl (C=O) groups is 1. The van der Waals surface area contributed by atoms with Crippen LogP contribution in [0.2, 0.25) is 0 Å². The Kier molecular flexibility index (Phi) is 3.70. The van der Waals surface area contributed by atoms with Gasteiger partial charge in [0.1, 0.15) is 11.9 Å². The van der Waals surface area contributed by atoms with Gasteiger partial charge in [0.15, 0.2) is 0 Å². The molecule has 0 aliphatic carbocycles. The van der Waals surface area contributed by atoms with E-state index in [2.05, 4.69) is 13.0 Å². The van der Waals surface area contributed by atoms with Crippen molar-refractivity contribution in [2.24, 2.45) is 0 Å². The van der Waals surface area contributed by atoms with E-state index in [9.17, 15) is 4.79 Å². The average Bonchev–Trinajstić information content (AvgIpc) is 2.38. The van der Waals surface area contributed by atoms with E-state index in [1.54, 1.807) is 7.11 Å². The minimum absolute atomic E-state index is 0.0880. The smallest absolute Gasteiger partial charge is 0.330 e. The largest absolute Gasteiger partial charge is 0.496 e. The molecular weight excluding hydrogens is 228 g/mol. The number of esters is 1. The van der Waals surface area contributed by atoms with Crippen molar-refractivity contribution in [3.8, 4) is 5.75 Å². The summed E-state index contributed by atoms with van der Waals surface area (Å²) in [6.45, 7) is 4.08. The van der Waals surface area contributed by atoms with Crippen molar-refractivity contribution in [2.45, 2.75) is 32.3 Å². The molecule has 0 bridgehead atoms. The Morgan fingerprint density at radius 3 is 2.89 bits per heavy atom. The molecule has 0 fully saturated rings. The van der Waals surface area contributed by atoms with Crippen molar-refractivity contribution in [3.05, 3.63) is 41.5 Å². The average molecular weight is 246 g/mol. The first-order chi connectivity index (χ1) is 8.61. The van der Waals surface area contributed by atoms with Gasteiger partial charge >= 0.3 is 5.97 Å². The zero-order chi connectivity index (χ0) is 13.1. The summed E-state index contributed by atoms with van der Waals surface area (Å²) in [6, 6.07) is 6.12. The molecule has 1 aromatic carbocycles. The Hall–Kier alpha value is -1.77. The van der Waals surface area contributed by atoms with Crippen molar-refractivity contribution in [1.82, 2.24) is 0 Å². The molecule has 1 aliphatic heterocycles. The summed E-state index contributed by atoms with van der Waals surface area (Å²) in [7, 11) is 1.67. The zero-order valence-electron chi connectivity index (χ0n) is 11.0. The number of rotatable bonds is 3. The van der Waals surface area contributed by atoms with Crippen LogP contribution in [0.1, 0.15) is 30.4 Å². The third-order valence-corrected chi connectivity index (χ3v) is 3.41. The highest BCUT2D eigenvalue weighted by molar-refractivity contribution is 5.82. The molecule has 0 radical (unpaired) electrons. The number of methoxy groups -OCH3 is 1. The fraction of sp³-hybridized carbons (Fsp3) is 0.400. The van der Waals surface area contributed by atoms with Crippen LogP contribution in [0.4, 0.5) is 0 Å². The van der Waals surface area contributed by atoms with Crippen LogP contribution < -0.4 is 4.74 Å². The van der Waals surface area contributed by atoms with Crippen molar-refractivity contribution in [3.63, 3.8) is 0 Å². The van der Waals surface area contributed by atoms with Gasteiger partial charge in [0.05, 0.1) is 7.11 Å². The molecule has 3 heteroatoms. The second kappa shape index (κ2) is 5.25. The molecule has 3 nitrogen and oxygen atoms in total. The summed E-state index contributed by atoms with van der Waals surface area (Å²) in [5, 5.41) is 0. The summed E-state index contributed by atoms with van der Waals surface area (Å²) in [6.07, 6.45) is 4.04. The quantitative estimate of drug-likeness (QED) is 0.769. The van der Waals surface area contributed by atoms with Crippen LogP contribution in [0.5, 0.6) is 5.75 Å². The molecular formula is C15H18O3. The van der Waals surface area contributed by atoms with E-state index in [0.29, 0.717) is 0 Å². The number of hydrogen-bond acceptors (Lipinski definition) is 3. The molecule has 1 aliphatic rings. The molecule has 1 heterocycles. The van der Waals surface area contributed by atoms with Crippen LogP contribution >= 0.6 is 0 Å². The van der Waals surface area contributed by atoms with E-state index in [1.165, 1.54) is 6.08 Å². The highest BCUT2D eigenvalue weighted by atomic mass is 16.5. The highest BCUT2D eigenvalue weighted by Gasteiger charge is 2.24. The zero-order valence-corrected chi connectivity index (χ0v) is 11.0. The van der Waals surface area contributed by atoms with E-state index in [0.717, 1.165) is 23.3 Å². The first kappa shape index (κ1) is 12.7. The first-order valence-electron chi connectivity index (χ1n) is 6.13. The summed E-state index contributed by atoms with van der Waals surface area (Å²) < 4.78 is 10.7. The third kappa shape index (κ3) is 2.55. The second-order valence-corrected chi connectivity index (χ2v) is 4.63. The predicted octanol–water partition coefficient (Wildman–Crippen LogP) is 2.98. The molecule has 2 rings (SSSR count). The molecule has 96 valence electrons. The van der Waals surface area contributed by atoms with E-state index in [-0.39, 0.29) is 18.0 Å². The number of cyclic esters (lactones) is 1. The van der Waals surface area contributed by atoms with E-state index < -0.39 is 0 Å². The molecule has 1 aromatic rings. The van der Waals surface area contributed by atoms with Crippen molar-refractivity contribution in [1.29, 1.82) is 0 Å². The lowest BCUT2D eigenvalue weighted by Crippen LogP contribution is -2.25. The molecule has 18 heavy (non-hydrogen) atoms. The van der Waals surface area contributed by atoms with Gasteiger partial charge in [0, 0.05) is 18.4 Å². The minimum Gasteiger partial charge on any atom is -0.496 e. The molecule has 0 N–H and O–H groups in total. The summed E-state index contributed by atoms with van der Waals surface area (Å²) in [4.78, 5) is 11.3. The van der Waals surface area contributed by atoms with Crippen molar-refractivity contribution < 1.29 is 14.3 Å². The maximum absolute atomic E-state index is 11.3. The topological polar surface area (TPSA) is 35.5 Å². The van der Waals surface area contributed by atoms with Gasteiger partial charge in [0.25, 0.3) is 0 Å². The standard InChI is InChI=1S/C15H18O3/c1-10-7-8-12(9-14(10)17-3)11(2)13-5-4-6-15(16)18-13/h4,6-9,11,13H,5H2,1-3H3/t11?,13-/m0/s1. The Bertz CT molecular complexity index is 477. The van der Waals surface area contributed by atoms with Crippen LogP contribution in [0.3, 0.4) is 0 Å². The highest BCUT2D eigenvalue weighted by Crippen LogP contribution is 2.30. The fourth-order valence-electron chi connectivity index (χ4n) is 2.18. The second-order valence-electron chi connectivity index (χ2n) is 4.63. The Balaban J connectivity index is 2.20. The van der Waals surface area contributed by atoms with Gasteiger partial charge in [-0.15, -0.1) is 0 Å². The molecule has 0 amide bonds. The van der Waals surface area contributed by atoms with Crippen LogP contribution in [-0.2, 0) is 9.53 Å². The molecule has 0 spiro atoms. The van der Waals surface area contributed by atoms with Gasteiger partial charge < -0.3 is 9.47 Å². The number of aryl methyl sites for hydroxylation is 1. The number of benzene rings is 1. The molecule has 0 saturated heterocycles. The number of ether oxygens (including phenoxy) is 2. The summed E-state index contributed by atoms with van der Waals surface area (Å²) >= 11 is 0. The summed E-state index contributed by atoms with van der Waals surface area (Å²) in [5.74, 6) is 0.780. The first-order valence-corrected chi connectivity index (χ1v) is 6.13. The van der Waals surface area contributed by atoms with E-state index >= 15 is 0 Å². The third-order valence-electron chi connectivity index (χ3n) is 3.41. The molecule has 0 saturated carbocycles. The Labute approximate surface area is 107 Å². The maximum atomic E-state index is 11.3.